The molecule has 94 valence electrons. The summed E-state index contributed by atoms with van der Waals surface area (Å²) in [6.07, 6.45) is -0.573. The number of aliphatic hydroxyl groups excluding tert-OH is 1. The lowest BCUT2D eigenvalue weighted by molar-refractivity contribution is 0.179. The second kappa shape index (κ2) is 5.38. The molecule has 0 saturated carbocycles. The number of benzene rings is 2. The second-order valence-electron chi connectivity index (χ2n) is 4.06. The Morgan fingerprint density at radius 2 is 1.89 bits per heavy atom. The van der Waals surface area contributed by atoms with Crippen molar-refractivity contribution in [3.05, 3.63) is 64.4 Å². The molecular weight excluding hydrogens is 253 g/mol. The van der Waals surface area contributed by atoms with Gasteiger partial charge in [-0.3, -0.25) is 0 Å². The molecule has 0 saturated heterocycles. The van der Waals surface area contributed by atoms with Gasteiger partial charge in [-0.2, -0.15) is 0 Å². The van der Waals surface area contributed by atoms with Crippen LogP contribution in [0.2, 0.25) is 5.02 Å². The van der Waals surface area contributed by atoms with Crippen LogP contribution in [0.4, 0.5) is 10.1 Å². The maximum absolute atomic E-state index is 13.3. The highest BCUT2D eigenvalue weighted by Gasteiger charge is 2.14. The maximum Gasteiger partial charge on any atom is 0.142 e. The number of nitrogen functional groups attached to an aromatic ring is 1. The molecule has 0 amide bonds. The number of aliphatic hydroxyl groups is 1. The zero-order valence-corrected chi connectivity index (χ0v) is 10.4. The van der Waals surface area contributed by atoms with Crippen molar-refractivity contribution in [2.75, 3.05) is 5.73 Å². The van der Waals surface area contributed by atoms with Gasteiger partial charge in [-0.25, -0.2) is 4.39 Å². The van der Waals surface area contributed by atoms with E-state index in [1.54, 1.807) is 36.4 Å². The minimum atomic E-state index is -0.800. The van der Waals surface area contributed by atoms with E-state index in [9.17, 15) is 9.50 Å². The fourth-order valence-electron chi connectivity index (χ4n) is 1.84. The monoisotopic (exact) mass is 265 g/mol. The predicted octanol–water partition coefficient (Wildman–Crippen LogP) is 3.34. The van der Waals surface area contributed by atoms with Crippen molar-refractivity contribution >= 4 is 17.3 Å². The van der Waals surface area contributed by atoms with Gasteiger partial charge in [0.15, 0.2) is 0 Å². The quantitative estimate of drug-likeness (QED) is 0.836. The molecule has 0 aliphatic carbocycles. The smallest absolute Gasteiger partial charge is 0.142 e. The molecular formula is C14H13ClFNO. The molecule has 2 rings (SSSR count). The lowest BCUT2D eigenvalue weighted by Crippen LogP contribution is -2.05. The third kappa shape index (κ3) is 2.63. The second-order valence-corrected chi connectivity index (χ2v) is 4.44. The first kappa shape index (κ1) is 12.9. The Morgan fingerprint density at radius 3 is 2.61 bits per heavy atom. The first-order chi connectivity index (χ1) is 8.59. The van der Waals surface area contributed by atoms with Gasteiger partial charge in [0.05, 0.1) is 11.1 Å². The van der Waals surface area contributed by atoms with Gasteiger partial charge in [0.25, 0.3) is 0 Å². The standard InChI is InChI=1S/C14H13ClFNO/c15-14-9(4-3-6-11(14)16)8-13(18)10-5-1-2-7-12(10)17/h1-7,13,18H,8,17H2. The van der Waals surface area contributed by atoms with E-state index in [2.05, 4.69) is 0 Å². The van der Waals surface area contributed by atoms with E-state index in [0.717, 1.165) is 0 Å². The summed E-state index contributed by atoms with van der Waals surface area (Å²) in [5.74, 6) is -0.484. The average Bonchev–Trinajstić information content (AvgIpc) is 2.35. The van der Waals surface area contributed by atoms with Gasteiger partial charge >= 0.3 is 0 Å². The van der Waals surface area contributed by atoms with Crippen LogP contribution < -0.4 is 5.73 Å². The van der Waals surface area contributed by atoms with Crippen molar-refractivity contribution in [2.24, 2.45) is 0 Å². The molecule has 0 bridgehead atoms. The van der Waals surface area contributed by atoms with Crippen LogP contribution in [-0.2, 0) is 6.42 Å². The summed E-state index contributed by atoms with van der Waals surface area (Å²) in [5.41, 5.74) is 7.47. The third-order valence-corrected chi connectivity index (χ3v) is 3.22. The Morgan fingerprint density at radius 1 is 1.17 bits per heavy atom. The summed E-state index contributed by atoms with van der Waals surface area (Å²) in [6.45, 7) is 0. The van der Waals surface area contributed by atoms with E-state index in [1.807, 2.05) is 0 Å². The number of hydrogen-bond donors (Lipinski definition) is 2. The number of anilines is 1. The largest absolute Gasteiger partial charge is 0.398 e. The summed E-state index contributed by atoms with van der Waals surface area (Å²) < 4.78 is 13.3. The van der Waals surface area contributed by atoms with Gasteiger partial charge in [-0.05, 0) is 17.7 Å². The van der Waals surface area contributed by atoms with E-state index in [0.29, 0.717) is 16.8 Å². The van der Waals surface area contributed by atoms with Crippen LogP contribution in [0, 0.1) is 5.82 Å². The molecule has 0 spiro atoms. The van der Waals surface area contributed by atoms with Gasteiger partial charge < -0.3 is 10.8 Å². The number of hydrogen-bond acceptors (Lipinski definition) is 2. The van der Waals surface area contributed by atoms with Crippen molar-refractivity contribution in [3.63, 3.8) is 0 Å². The summed E-state index contributed by atoms with van der Waals surface area (Å²) in [6, 6.07) is 11.6. The van der Waals surface area contributed by atoms with Crippen LogP contribution in [0.1, 0.15) is 17.2 Å². The Labute approximate surface area is 110 Å². The zero-order valence-electron chi connectivity index (χ0n) is 9.61. The van der Waals surface area contributed by atoms with Crippen LogP contribution in [0.5, 0.6) is 0 Å². The Hall–Kier alpha value is -1.58. The van der Waals surface area contributed by atoms with Crippen LogP contribution in [0.3, 0.4) is 0 Å². The lowest BCUT2D eigenvalue weighted by atomic mass is 10.00. The molecule has 0 heterocycles. The topological polar surface area (TPSA) is 46.2 Å². The van der Waals surface area contributed by atoms with E-state index >= 15 is 0 Å². The summed E-state index contributed by atoms with van der Waals surface area (Å²) in [7, 11) is 0. The van der Waals surface area contributed by atoms with E-state index in [1.165, 1.54) is 6.07 Å². The van der Waals surface area contributed by atoms with Gasteiger partial charge in [0.2, 0.25) is 0 Å². The minimum Gasteiger partial charge on any atom is -0.398 e. The molecule has 3 N–H and O–H groups in total. The molecule has 0 fully saturated rings. The highest BCUT2D eigenvalue weighted by atomic mass is 35.5. The van der Waals surface area contributed by atoms with Gasteiger partial charge in [0.1, 0.15) is 5.82 Å². The van der Waals surface area contributed by atoms with Gasteiger partial charge in [-0.15, -0.1) is 0 Å². The van der Waals surface area contributed by atoms with Crippen molar-refractivity contribution in [2.45, 2.75) is 12.5 Å². The molecule has 2 nitrogen and oxygen atoms in total. The molecule has 0 aliphatic heterocycles. The van der Waals surface area contributed by atoms with Crippen LogP contribution in [-0.4, -0.2) is 5.11 Å². The summed E-state index contributed by atoms with van der Waals surface area (Å²) in [5, 5.41) is 10.2. The van der Waals surface area contributed by atoms with Crippen LogP contribution in [0.25, 0.3) is 0 Å². The molecule has 18 heavy (non-hydrogen) atoms. The van der Waals surface area contributed by atoms with Gasteiger partial charge in [-0.1, -0.05) is 41.9 Å². The number of nitrogens with two attached hydrogens (primary N) is 1. The number of para-hydroxylation sites is 1. The fourth-order valence-corrected chi connectivity index (χ4v) is 2.04. The molecule has 1 atom stereocenters. The fraction of sp³-hybridized carbons (Fsp3) is 0.143. The lowest BCUT2D eigenvalue weighted by Gasteiger charge is -2.14. The SMILES string of the molecule is Nc1ccccc1C(O)Cc1cccc(F)c1Cl. The average molecular weight is 266 g/mol. The molecule has 0 radical (unpaired) electrons. The molecule has 1 unspecified atom stereocenters. The Bertz CT molecular complexity index is 559. The molecule has 2 aromatic rings. The minimum absolute atomic E-state index is 0.0473. The molecule has 2 aromatic carbocycles. The van der Waals surface area contributed by atoms with Crippen molar-refractivity contribution in [3.8, 4) is 0 Å². The highest BCUT2D eigenvalue weighted by molar-refractivity contribution is 6.31. The highest BCUT2D eigenvalue weighted by Crippen LogP contribution is 2.27. The van der Waals surface area contributed by atoms with Crippen LogP contribution >= 0.6 is 11.6 Å². The Kier molecular flexibility index (Phi) is 3.84. The van der Waals surface area contributed by atoms with Crippen LogP contribution in [0.15, 0.2) is 42.5 Å². The molecule has 0 aromatic heterocycles. The molecule has 4 heteroatoms. The van der Waals surface area contributed by atoms with E-state index in [4.69, 9.17) is 17.3 Å². The zero-order chi connectivity index (χ0) is 13.1. The van der Waals surface area contributed by atoms with Crippen molar-refractivity contribution in [1.29, 1.82) is 0 Å². The first-order valence-electron chi connectivity index (χ1n) is 5.55. The predicted molar refractivity (Wildman–Crippen MR) is 70.9 cm³/mol. The maximum atomic E-state index is 13.3. The first-order valence-corrected chi connectivity index (χ1v) is 5.92. The number of rotatable bonds is 3. The summed E-state index contributed by atoms with van der Waals surface area (Å²) >= 11 is 5.85. The Balaban J connectivity index is 2.24. The normalized spacial score (nSPS) is 12.4. The molecule has 0 aliphatic rings. The number of halogens is 2. The third-order valence-electron chi connectivity index (χ3n) is 2.80. The summed E-state index contributed by atoms with van der Waals surface area (Å²) in [4.78, 5) is 0. The van der Waals surface area contributed by atoms with Crippen molar-refractivity contribution < 1.29 is 9.50 Å². The van der Waals surface area contributed by atoms with Crippen molar-refractivity contribution in [1.82, 2.24) is 0 Å². The van der Waals surface area contributed by atoms with E-state index in [-0.39, 0.29) is 11.4 Å². The van der Waals surface area contributed by atoms with Gasteiger partial charge in [0, 0.05) is 17.7 Å². The van der Waals surface area contributed by atoms with E-state index < -0.39 is 11.9 Å².